The van der Waals surface area contributed by atoms with E-state index in [1.54, 1.807) is 56.6 Å². The molecule has 6 rings (SSSR count). The second kappa shape index (κ2) is 9.19. The summed E-state index contributed by atoms with van der Waals surface area (Å²) in [6.45, 7) is 3.60. The zero-order valence-corrected chi connectivity index (χ0v) is 20.5. The van der Waals surface area contributed by atoms with Gasteiger partial charge in [-0.15, -0.1) is 0 Å². The van der Waals surface area contributed by atoms with Crippen molar-refractivity contribution in [2.75, 3.05) is 5.32 Å². The molecule has 0 atom stereocenters. The first-order valence-corrected chi connectivity index (χ1v) is 12.1. The zero-order chi connectivity index (χ0) is 26.4. The lowest BCUT2D eigenvalue weighted by Crippen LogP contribution is -2.17. The van der Waals surface area contributed by atoms with Gasteiger partial charge < -0.3 is 10.3 Å². The molecule has 188 valence electrons. The maximum absolute atomic E-state index is 15.2. The number of pyridine rings is 1. The van der Waals surface area contributed by atoms with E-state index in [9.17, 15) is 9.18 Å². The van der Waals surface area contributed by atoms with Gasteiger partial charge in [-0.3, -0.25) is 14.9 Å². The normalized spacial score (nSPS) is 11.5. The summed E-state index contributed by atoms with van der Waals surface area (Å²) in [7, 11) is 0. The molecule has 7 nitrogen and oxygen atoms in total. The van der Waals surface area contributed by atoms with Crippen LogP contribution >= 0.6 is 0 Å². The third-order valence-corrected chi connectivity index (χ3v) is 6.39. The molecular formula is C29H22F2N6O. The molecule has 38 heavy (non-hydrogen) atoms. The van der Waals surface area contributed by atoms with Crippen molar-refractivity contribution in [1.82, 2.24) is 25.1 Å². The molecule has 9 heteroatoms. The Hall–Kier alpha value is -4.92. The molecule has 3 aromatic carbocycles. The van der Waals surface area contributed by atoms with Crippen LogP contribution in [0.4, 0.5) is 14.5 Å². The van der Waals surface area contributed by atoms with E-state index in [0.29, 0.717) is 55.9 Å². The number of H-pyrrole nitrogens is 2. The molecule has 0 unspecified atom stereocenters. The van der Waals surface area contributed by atoms with Gasteiger partial charge in [-0.2, -0.15) is 5.10 Å². The molecule has 1 amide bonds. The molecule has 0 saturated heterocycles. The van der Waals surface area contributed by atoms with Crippen LogP contribution in [0.1, 0.15) is 13.8 Å². The molecule has 0 aliphatic rings. The number of benzene rings is 3. The van der Waals surface area contributed by atoms with Crippen molar-refractivity contribution >= 4 is 33.5 Å². The molecule has 6 aromatic rings. The van der Waals surface area contributed by atoms with Crippen molar-refractivity contribution < 1.29 is 13.6 Å². The van der Waals surface area contributed by atoms with E-state index < -0.39 is 5.82 Å². The van der Waals surface area contributed by atoms with Gasteiger partial charge in [0.05, 0.1) is 22.9 Å². The topological polar surface area (TPSA) is 99.3 Å². The monoisotopic (exact) mass is 508 g/mol. The highest BCUT2D eigenvalue weighted by atomic mass is 19.1. The van der Waals surface area contributed by atoms with Gasteiger partial charge in [0.2, 0.25) is 5.91 Å². The van der Waals surface area contributed by atoms with Gasteiger partial charge in [-0.05, 0) is 35.9 Å². The maximum Gasteiger partial charge on any atom is 0.226 e. The van der Waals surface area contributed by atoms with Crippen molar-refractivity contribution in [2.24, 2.45) is 5.92 Å². The Balaban J connectivity index is 1.45. The van der Waals surface area contributed by atoms with Crippen LogP contribution in [0.5, 0.6) is 0 Å². The summed E-state index contributed by atoms with van der Waals surface area (Å²) in [6.07, 6.45) is 3.15. The number of fused-ring (bicyclic) bond motifs is 2. The van der Waals surface area contributed by atoms with E-state index in [4.69, 9.17) is 4.98 Å². The fraction of sp³-hybridized carbons (Fsp3) is 0.103. The number of hydrogen-bond donors (Lipinski definition) is 3. The molecule has 3 N–H and O–H groups in total. The third-order valence-electron chi connectivity index (χ3n) is 6.39. The van der Waals surface area contributed by atoms with Crippen molar-refractivity contribution in [1.29, 1.82) is 0 Å². The summed E-state index contributed by atoms with van der Waals surface area (Å²) in [5.41, 5.74) is 4.73. The highest BCUT2D eigenvalue weighted by Gasteiger charge is 2.19. The Kier molecular flexibility index (Phi) is 5.68. The van der Waals surface area contributed by atoms with Crippen LogP contribution in [0.25, 0.3) is 55.7 Å². The number of carbonyl (C=O) groups is 1. The lowest BCUT2D eigenvalue weighted by atomic mass is 10.0. The van der Waals surface area contributed by atoms with E-state index in [0.717, 1.165) is 0 Å². The minimum atomic E-state index is -0.490. The van der Waals surface area contributed by atoms with Gasteiger partial charge in [-0.1, -0.05) is 44.2 Å². The maximum atomic E-state index is 15.2. The first-order chi connectivity index (χ1) is 18.4. The Morgan fingerprint density at radius 1 is 0.921 bits per heavy atom. The Morgan fingerprint density at radius 2 is 1.74 bits per heavy atom. The number of para-hydroxylation sites is 1. The van der Waals surface area contributed by atoms with Gasteiger partial charge in [-0.25, -0.2) is 13.8 Å². The van der Waals surface area contributed by atoms with E-state index in [2.05, 4.69) is 25.5 Å². The lowest BCUT2D eigenvalue weighted by molar-refractivity contribution is -0.118. The predicted octanol–water partition coefficient (Wildman–Crippen LogP) is 6.71. The van der Waals surface area contributed by atoms with Crippen LogP contribution < -0.4 is 5.32 Å². The van der Waals surface area contributed by atoms with Gasteiger partial charge >= 0.3 is 0 Å². The molecular weight excluding hydrogens is 486 g/mol. The van der Waals surface area contributed by atoms with E-state index in [1.165, 1.54) is 12.1 Å². The lowest BCUT2D eigenvalue weighted by Gasteiger charge is -2.09. The Morgan fingerprint density at radius 3 is 2.55 bits per heavy atom. The highest BCUT2D eigenvalue weighted by molar-refractivity contribution is 5.99. The molecule has 0 fully saturated rings. The third kappa shape index (κ3) is 4.07. The summed E-state index contributed by atoms with van der Waals surface area (Å²) in [4.78, 5) is 24.3. The van der Waals surface area contributed by atoms with Gasteiger partial charge in [0.25, 0.3) is 0 Å². The molecule has 0 radical (unpaired) electrons. The molecule has 3 aromatic heterocycles. The number of hydrogen-bond acceptors (Lipinski definition) is 4. The van der Waals surface area contributed by atoms with E-state index >= 15 is 4.39 Å². The number of aromatic amines is 2. The number of amides is 1. The van der Waals surface area contributed by atoms with Crippen LogP contribution in [-0.4, -0.2) is 31.1 Å². The minimum absolute atomic E-state index is 0.137. The number of nitrogens with one attached hydrogen (secondary N) is 3. The van der Waals surface area contributed by atoms with Crippen LogP contribution in [-0.2, 0) is 4.79 Å². The summed E-state index contributed by atoms with van der Waals surface area (Å²) in [6, 6.07) is 16.9. The number of carbonyl (C=O) groups excluding carboxylic acids is 1. The van der Waals surface area contributed by atoms with Crippen LogP contribution in [0.15, 0.2) is 73.1 Å². The number of anilines is 1. The highest BCUT2D eigenvalue weighted by Crippen LogP contribution is 2.35. The number of aromatic nitrogens is 5. The van der Waals surface area contributed by atoms with Gasteiger partial charge in [0.1, 0.15) is 22.8 Å². The SMILES string of the molecule is CC(C)C(=O)Nc1cncc(-c2cc(F)c3[nH]nc(-c4nc5c(-c6ccccc6F)cccc5[nH]4)c3c2)c1. The Labute approximate surface area is 216 Å². The average molecular weight is 509 g/mol. The number of halogens is 2. The molecule has 0 spiro atoms. The van der Waals surface area contributed by atoms with Gasteiger partial charge in [0, 0.05) is 34.2 Å². The standard InChI is InChI=1S/C29H22F2N6O/c1-15(2)29(38)33-18-10-17(13-32-14-18)16-11-21-25(23(31)12-16)36-37-27(21)28-34-24-9-5-7-20(26(24)35-28)19-6-3-4-8-22(19)30/h3-15H,1-2H3,(H,33,38)(H,34,35)(H,36,37). The summed E-state index contributed by atoms with van der Waals surface area (Å²) < 4.78 is 29.7. The summed E-state index contributed by atoms with van der Waals surface area (Å²) in [5, 5.41) is 10.4. The summed E-state index contributed by atoms with van der Waals surface area (Å²) >= 11 is 0. The first kappa shape index (κ1) is 23.5. The second-order valence-electron chi connectivity index (χ2n) is 9.33. The number of imidazole rings is 1. The molecule has 0 aliphatic carbocycles. The van der Waals surface area contributed by atoms with E-state index in [1.807, 2.05) is 18.2 Å². The Bertz CT molecular complexity index is 1840. The van der Waals surface area contributed by atoms with Crippen molar-refractivity contribution in [2.45, 2.75) is 13.8 Å². The van der Waals surface area contributed by atoms with Crippen LogP contribution in [0, 0.1) is 17.6 Å². The smallest absolute Gasteiger partial charge is 0.226 e. The minimum Gasteiger partial charge on any atom is -0.337 e. The van der Waals surface area contributed by atoms with Crippen LogP contribution in [0.3, 0.4) is 0 Å². The molecule has 0 saturated carbocycles. The number of nitrogens with zero attached hydrogens (tertiary/aromatic N) is 3. The fourth-order valence-electron chi connectivity index (χ4n) is 4.42. The first-order valence-electron chi connectivity index (χ1n) is 12.1. The molecule has 0 bridgehead atoms. The van der Waals surface area contributed by atoms with Crippen LogP contribution in [0.2, 0.25) is 0 Å². The summed E-state index contributed by atoms with van der Waals surface area (Å²) in [5.74, 6) is -0.744. The quantitative estimate of drug-likeness (QED) is 0.241. The largest absolute Gasteiger partial charge is 0.337 e. The predicted molar refractivity (Wildman–Crippen MR) is 143 cm³/mol. The van der Waals surface area contributed by atoms with Crippen molar-refractivity contribution in [3.8, 4) is 33.8 Å². The zero-order valence-electron chi connectivity index (χ0n) is 20.5. The van der Waals surface area contributed by atoms with Crippen molar-refractivity contribution in [3.05, 3.63) is 84.7 Å². The molecule has 3 heterocycles. The fourth-order valence-corrected chi connectivity index (χ4v) is 4.42. The second-order valence-corrected chi connectivity index (χ2v) is 9.33. The van der Waals surface area contributed by atoms with E-state index in [-0.39, 0.29) is 23.2 Å². The molecule has 0 aliphatic heterocycles. The van der Waals surface area contributed by atoms with Crippen molar-refractivity contribution in [3.63, 3.8) is 0 Å². The van der Waals surface area contributed by atoms with Gasteiger partial charge in [0.15, 0.2) is 5.82 Å². The number of rotatable bonds is 5. The average Bonchev–Trinajstić information content (AvgIpc) is 3.53.